The zero-order valence-corrected chi connectivity index (χ0v) is 9.51. The standard InChI is InChI=1S/C11H12BrFO/c1-11(5-8(11)6-14)7-2-3-10(13)9(12)4-7/h2-4,8,14H,5-6H2,1H3. The molecule has 2 unspecified atom stereocenters. The van der Waals surface area contributed by atoms with E-state index < -0.39 is 0 Å². The van der Waals surface area contributed by atoms with Crippen molar-refractivity contribution in [3.05, 3.63) is 34.1 Å². The second kappa shape index (κ2) is 3.31. The number of benzene rings is 1. The molecule has 1 aromatic carbocycles. The number of hydrogen-bond donors (Lipinski definition) is 1. The summed E-state index contributed by atoms with van der Waals surface area (Å²) in [4.78, 5) is 0. The van der Waals surface area contributed by atoms with Crippen LogP contribution >= 0.6 is 15.9 Å². The van der Waals surface area contributed by atoms with Gasteiger partial charge in [-0.25, -0.2) is 4.39 Å². The van der Waals surface area contributed by atoms with Crippen molar-refractivity contribution in [3.8, 4) is 0 Å². The summed E-state index contributed by atoms with van der Waals surface area (Å²) in [7, 11) is 0. The highest BCUT2D eigenvalue weighted by atomic mass is 79.9. The van der Waals surface area contributed by atoms with Gasteiger partial charge in [0.25, 0.3) is 0 Å². The van der Waals surface area contributed by atoms with Crippen LogP contribution in [-0.2, 0) is 5.41 Å². The van der Waals surface area contributed by atoms with E-state index in [0.29, 0.717) is 10.4 Å². The molecule has 0 spiro atoms. The highest BCUT2D eigenvalue weighted by Gasteiger charge is 2.50. The van der Waals surface area contributed by atoms with Crippen LogP contribution in [0.15, 0.2) is 22.7 Å². The van der Waals surface area contributed by atoms with Crippen LogP contribution in [0.5, 0.6) is 0 Å². The molecule has 14 heavy (non-hydrogen) atoms. The van der Waals surface area contributed by atoms with Gasteiger partial charge in [-0.3, -0.25) is 0 Å². The number of hydrogen-bond acceptors (Lipinski definition) is 1. The average Bonchev–Trinajstić information content (AvgIpc) is 2.83. The molecule has 0 aromatic heterocycles. The Hall–Kier alpha value is -0.410. The van der Waals surface area contributed by atoms with Crippen molar-refractivity contribution in [1.82, 2.24) is 0 Å². The summed E-state index contributed by atoms with van der Waals surface area (Å²) in [5, 5.41) is 9.04. The van der Waals surface area contributed by atoms with Gasteiger partial charge >= 0.3 is 0 Å². The van der Waals surface area contributed by atoms with Crippen LogP contribution in [0.25, 0.3) is 0 Å². The summed E-state index contributed by atoms with van der Waals surface area (Å²) < 4.78 is 13.5. The van der Waals surface area contributed by atoms with Crippen LogP contribution in [0.4, 0.5) is 4.39 Å². The van der Waals surface area contributed by atoms with Crippen LogP contribution in [0.2, 0.25) is 0 Å². The lowest BCUT2D eigenvalue weighted by atomic mass is 9.96. The molecule has 1 aromatic rings. The van der Waals surface area contributed by atoms with Gasteiger partial charge in [0.05, 0.1) is 4.47 Å². The Kier molecular flexibility index (Phi) is 2.40. The molecule has 2 rings (SSSR count). The fraction of sp³-hybridized carbons (Fsp3) is 0.455. The Morgan fingerprint density at radius 2 is 2.36 bits per heavy atom. The molecule has 0 heterocycles. The first-order valence-electron chi connectivity index (χ1n) is 4.64. The summed E-state index contributed by atoms with van der Waals surface area (Å²) in [6.45, 7) is 2.32. The lowest BCUT2D eigenvalue weighted by molar-refractivity contribution is 0.265. The number of aliphatic hydroxyl groups excluding tert-OH is 1. The topological polar surface area (TPSA) is 20.2 Å². The molecule has 3 heteroatoms. The van der Waals surface area contributed by atoms with Crippen molar-refractivity contribution in [2.24, 2.45) is 5.92 Å². The zero-order chi connectivity index (χ0) is 10.3. The minimum Gasteiger partial charge on any atom is -0.396 e. The normalized spacial score (nSPS) is 30.4. The Labute approximate surface area is 91.1 Å². The van der Waals surface area contributed by atoms with Crippen molar-refractivity contribution < 1.29 is 9.50 Å². The largest absolute Gasteiger partial charge is 0.396 e. The first-order chi connectivity index (χ1) is 6.58. The second-order valence-electron chi connectivity index (χ2n) is 4.13. The minimum atomic E-state index is -0.237. The Morgan fingerprint density at radius 3 is 2.86 bits per heavy atom. The smallest absolute Gasteiger partial charge is 0.137 e. The second-order valence-corrected chi connectivity index (χ2v) is 4.98. The van der Waals surface area contributed by atoms with E-state index in [1.165, 1.54) is 6.07 Å². The minimum absolute atomic E-state index is 0.0466. The first kappa shape index (κ1) is 10.1. The van der Waals surface area contributed by atoms with Gasteiger partial charge in [0.15, 0.2) is 0 Å². The van der Waals surface area contributed by atoms with Crippen molar-refractivity contribution >= 4 is 15.9 Å². The van der Waals surface area contributed by atoms with Gasteiger partial charge in [0.2, 0.25) is 0 Å². The number of halogens is 2. The molecule has 1 nitrogen and oxygen atoms in total. The lowest BCUT2D eigenvalue weighted by Crippen LogP contribution is -2.06. The SMILES string of the molecule is CC1(c2ccc(F)c(Br)c2)CC1CO. The Bertz CT molecular complexity index is 366. The number of rotatable bonds is 2. The monoisotopic (exact) mass is 258 g/mol. The van der Waals surface area contributed by atoms with Gasteiger partial charge in [-0.1, -0.05) is 13.0 Å². The highest BCUT2D eigenvalue weighted by Crippen LogP contribution is 2.53. The van der Waals surface area contributed by atoms with E-state index >= 15 is 0 Å². The van der Waals surface area contributed by atoms with Gasteiger partial charge in [-0.05, 0) is 51.4 Å². The van der Waals surface area contributed by atoms with Crippen LogP contribution in [0, 0.1) is 11.7 Å². The van der Waals surface area contributed by atoms with E-state index in [1.54, 1.807) is 6.07 Å². The van der Waals surface area contributed by atoms with Gasteiger partial charge in [0.1, 0.15) is 5.82 Å². The van der Waals surface area contributed by atoms with Crippen molar-refractivity contribution in [3.63, 3.8) is 0 Å². The van der Waals surface area contributed by atoms with Crippen LogP contribution in [0.1, 0.15) is 18.9 Å². The maximum absolute atomic E-state index is 13.0. The lowest BCUT2D eigenvalue weighted by Gasteiger charge is -2.11. The van der Waals surface area contributed by atoms with E-state index in [4.69, 9.17) is 5.11 Å². The molecule has 1 N–H and O–H groups in total. The third-order valence-electron chi connectivity index (χ3n) is 3.21. The molecular weight excluding hydrogens is 247 g/mol. The molecule has 76 valence electrons. The van der Waals surface area contributed by atoms with E-state index in [-0.39, 0.29) is 17.8 Å². The van der Waals surface area contributed by atoms with Crippen LogP contribution in [-0.4, -0.2) is 11.7 Å². The molecule has 1 aliphatic rings. The summed E-state index contributed by atoms with van der Waals surface area (Å²) in [5.74, 6) is 0.0957. The van der Waals surface area contributed by atoms with E-state index in [0.717, 1.165) is 12.0 Å². The van der Waals surface area contributed by atoms with Crippen LogP contribution in [0.3, 0.4) is 0 Å². The van der Waals surface area contributed by atoms with E-state index in [1.807, 2.05) is 6.07 Å². The maximum atomic E-state index is 13.0. The first-order valence-corrected chi connectivity index (χ1v) is 5.43. The van der Waals surface area contributed by atoms with Gasteiger partial charge < -0.3 is 5.11 Å². The predicted molar refractivity (Wildman–Crippen MR) is 56.6 cm³/mol. The molecule has 0 saturated heterocycles. The van der Waals surface area contributed by atoms with E-state index in [2.05, 4.69) is 22.9 Å². The summed E-state index contributed by atoms with van der Waals surface area (Å²) in [6, 6.07) is 5.08. The molecular formula is C11H12BrFO. The van der Waals surface area contributed by atoms with Crippen molar-refractivity contribution in [1.29, 1.82) is 0 Å². The number of aliphatic hydroxyl groups is 1. The van der Waals surface area contributed by atoms with Crippen molar-refractivity contribution in [2.75, 3.05) is 6.61 Å². The third kappa shape index (κ3) is 1.48. The highest BCUT2D eigenvalue weighted by molar-refractivity contribution is 9.10. The van der Waals surface area contributed by atoms with Gasteiger partial charge in [-0.2, -0.15) is 0 Å². The fourth-order valence-corrected chi connectivity index (χ4v) is 2.30. The summed E-state index contributed by atoms with van der Waals surface area (Å²) in [5.41, 5.74) is 1.15. The molecule has 1 aliphatic carbocycles. The zero-order valence-electron chi connectivity index (χ0n) is 7.93. The van der Waals surface area contributed by atoms with Crippen molar-refractivity contribution in [2.45, 2.75) is 18.8 Å². The quantitative estimate of drug-likeness (QED) is 0.865. The molecule has 2 atom stereocenters. The fourth-order valence-electron chi connectivity index (χ4n) is 1.92. The Balaban J connectivity index is 2.31. The summed E-state index contributed by atoms with van der Waals surface area (Å²) >= 11 is 3.17. The maximum Gasteiger partial charge on any atom is 0.137 e. The molecule has 0 amide bonds. The molecule has 1 saturated carbocycles. The summed E-state index contributed by atoms with van der Waals surface area (Å²) in [6.07, 6.45) is 0.988. The van der Waals surface area contributed by atoms with E-state index in [9.17, 15) is 4.39 Å². The molecule has 1 fully saturated rings. The van der Waals surface area contributed by atoms with Crippen LogP contribution < -0.4 is 0 Å². The molecule has 0 aliphatic heterocycles. The van der Waals surface area contributed by atoms with Gasteiger partial charge in [0, 0.05) is 6.61 Å². The average molecular weight is 259 g/mol. The Morgan fingerprint density at radius 1 is 1.64 bits per heavy atom. The molecule has 0 radical (unpaired) electrons. The molecule has 0 bridgehead atoms. The third-order valence-corrected chi connectivity index (χ3v) is 3.82. The predicted octanol–water partition coefficient (Wildman–Crippen LogP) is 2.86. The van der Waals surface area contributed by atoms with Gasteiger partial charge in [-0.15, -0.1) is 0 Å².